The highest BCUT2D eigenvalue weighted by Gasteiger charge is 2.30. The molecule has 21 rings (SSSR count). The van der Waals surface area contributed by atoms with Gasteiger partial charge in [-0.15, -0.1) is 18.2 Å². The molecule has 0 amide bonds. The summed E-state index contributed by atoms with van der Waals surface area (Å²) in [6.45, 7) is 14.1. The Morgan fingerprint density at radius 3 is 1.62 bits per heavy atom. The maximum atomic E-state index is 14.8. The van der Waals surface area contributed by atoms with Gasteiger partial charge in [0.25, 0.3) is 22.2 Å². The average Bonchev–Trinajstić information content (AvgIpc) is 1.59. The van der Waals surface area contributed by atoms with Gasteiger partial charge in [0.1, 0.15) is 29.3 Å². The number of nitrogens with one attached hydrogen (secondary N) is 9. The molecule has 5 fully saturated rings. The van der Waals surface area contributed by atoms with Crippen LogP contribution >= 0.6 is 11.8 Å². The molecule has 1 saturated carbocycles. The third-order valence-electron chi connectivity index (χ3n) is 26.5. The SMILES string of the molecule is C#Cc1cc2cnc(Nc3ccc(C4CNCSC4)cc3)nc2n(-c2ccccc2)c1=O.CC(C)C#Cc1cc2cnc(Nc3ccc(NC4CCCN(C)C4)cc3)nc2n(Cc2cccn2CC(F)(F)F)c1=O.CCn1c(=O)c(C#Cc2nccn2C)cc2cnc(Nc3ccc(NC4CCCNC4)cc3)nc21.Cc1cccc(F)c1Cn1c(=O)c(C#CC2CC2)cc2cnc(Nc3ccc(N(C)C4CCNCC4)cc3)nc21. The van der Waals surface area contributed by atoms with Crippen molar-refractivity contribution in [2.45, 2.75) is 135 Å². The minimum absolute atomic E-state index is 0.0333. The van der Waals surface area contributed by atoms with Crippen molar-refractivity contribution in [1.82, 2.24) is 93.1 Å². The lowest BCUT2D eigenvalue weighted by molar-refractivity contribution is -0.141. The number of piperidine rings is 3. The first-order chi connectivity index (χ1) is 72.3. The second kappa shape index (κ2) is 47.5. The molecule has 4 saturated heterocycles. The topological polar surface area (TPSA) is 329 Å². The lowest BCUT2D eigenvalue weighted by Gasteiger charge is -2.33. The van der Waals surface area contributed by atoms with Crippen LogP contribution in [0, 0.1) is 72.4 Å². The van der Waals surface area contributed by atoms with E-state index in [1.165, 1.54) is 50.4 Å². The summed E-state index contributed by atoms with van der Waals surface area (Å²) in [7, 11) is 6.14. The number of alkyl halides is 3. The zero-order valence-corrected chi connectivity index (χ0v) is 84.7. The zero-order chi connectivity index (χ0) is 104. The first-order valence-corrected chi connectivity index (χ1v) is 51.3. The van der Waals surface area contributed by atoms with Gasteiger partial charge < -0.3 is 66.8 Å². The van der Waals surface area contributed by atoms with Crippen molar-refractivity contribution >= 4 is 120 Å². The van der Waals surface area contributed by atoms with E-state index in [9.17, 15) is 36.7 Å². The van der Waals surface area contributed by atoms with Crippen LogP contribution < -0.4 is 75.0 Å². The highest BCUT2D eigenvalue weighted by molar-refractivity contribution is 7.99. The molecular weight excluding hydrogens is 1910 g/mol. The highest BCUT2D eigenvalue weighted by Crippen LogP contribution is 2.33. The van der Waals surface area contributed by atoms with Crippen LogP contribution in [0.5, 0.6) is 0 Å². The minimum atomic E-state index is -4.40. The van der Waals surface area contributed by atoms with Crippen molar-refractivity contribution in [2.24, 2.45) is 18.9 Å². The molecule has 0 radical (unpaired) electrons. The predicted octanol–water partition coefficient (Wildman–Crippen LogP) is 17.2. The molecule has 16 aromatic rings. The van der Waals surface area contributed by atoms with Crippen LogP contribution in [0.15, 0.2) is 245 Å². The summed E-state index contributed by atoms with van der Waals surface area (Å²) in [6.07, 6.45) is 21.7. The number of benzene rings is 6. The summed E-state index contributed by atoms with van der Waals surface area (Å²) in [5.74, 6) is 25.3. The van der Waals surface area contributed by atoms with Crippen LogP contribution in [-0.4, -0.2) is 173 Å². The summed E-state index contributed by atoms with van der Waals surface area (Å²) < 4.78 is 63.3. The molecule has 10 aromatic heterocycles. The summed E-state index contributed by atoms with van der Waals surface area (Å²) in [6, 6.07) is 58.0. The Kier molecular flexibility index (Phi) is 32.7. The van der Waals surface area contributed by atoms with E-state index >= 15 is 0 Å². The lowest BCUT2D eigenvalue weighted by atomic mass is 10.0. The number of anilines is 11. The molecule has 30 nitrogen and oxygen atoms in total. The monoisotopic (exact) mass is 2020 g/mol. The molecule has 5 aliphatic rings. The smallest absolute Gasteiger partial charge is 0.381 e. The summed E-state index contributed by atoms with van der Waals surface area (Å²) in [5, 5.41) is 33.0. The Hall–Kier alpha value is -16.3. The van der Waals surface area contributed by atoms with Crippen molar-refractivity contribution in [3.05, 3.63) is 323 Å². The molecule has 6 aromatic carbocycles. The Morgan fingerprint density at radius 1 is 0.537 bits per heavy atom. The number of fused-ring (bicyclic) bond motifs is 4. The number of para-hydroxylation sites is 1. The molecular formula is C114H116F4N26O4S. The quantitative estimate of drug-likeness (QED) is 0.0225. The fourth-order valence-electron chi connectivity index (χ4n) is 18.3. The molecule has 3 atom stereocenters. The van der Waals surface area contributed by atoms with E-state index in [4.69, 9.17) is 11.4 Å². The van der Waals surface area contributed by atoms with Crippen LogP contribution in [0.3, 0.4) is 0 Å². The molecule has 149 heavy (non-hydrogen) atoms. The van der Waals surface area contributed by atoms with Crippen molar-refractivity contribution in [1.29, 1.82) is 0 Å². The van der Waals surface area contributed by atoms with Gasteiger partial charge in [-0.25, -0.2) is 29.3 Å². The Bertz CT molecular complexity index is 7990. The molecule has 14 heterocycles. The molecule has 0 bridgehead atoms. The number of nitrogens with zero attached hydrogens (tertiary/aromatic N) is 17. The highest BCUT2D eigenvalue weighted by atomic mass is 32.2. The number of halogens is 4. The van der Waals surface area contributed by atoms with E-state index in [2.05, 4.69) is 177 Å². The molecule has 35 heteroatoms. The van der Waals surface area contributed by atoms with Crippen molar-refractivity contribution in [2.75, 3.05) is 108 Å². The normalized spacial score (nSPS) is 15.7. The number of terminal acetylenes is 1. The van der Waals surface area contributed by atoms with E-state index < -0.39 is 18.3 Å². The number of aromatic nitrogens is 15. The van der Waals surface area contributed by atoms with Crippen LogP contribution in [0.4, 0.5) is 81.2 Å². The van der Waals surface area contributed by atoms with Crippen LogP contribution in [0.25, 0.3) is 49.8 Å². The minimum Gasteiger partial charge on any atom is -0.381 e. The van der Waals surface area contributed by atoms with Gasteiger partial charge in [0.15, 0.2) is 11.5 Å². The number of imidazole rings is 1. The van der Waals surface area contributed by atoms with Gasteiger partial charge in [-0.2, -0.15) is 33.1 Å². The Morgan fingerprint density at radius 2 is 1.08 bits per heavy atom. The van der Waals surface area contributed by atoms with Gasteiger partial charge in [-0.3, -0.25) is 37.4 Å². The first kappa shape index (κ1) is 103. The van der Waals surface area contributed by atoms with Crippen LogP contribution in [0.2, 0.25) is 0 Å². The maximum absolute atomic E-state index is 14.8. The third kappa shape index (κ3) is 26.2. The van der Waals surface area contributed by atoms with Gasteiger partial charge in [-0.1, -0.05) is 91.8 Å². The van der Waals surface area contributed by atoms with Crippen LogP contribution in [0.1, 0.15) is 129 Å². The van der Waals surface area contributed by atoms with Gasteiger partial charge in [0, 0.05) is 204 Å². The largest absolute Gasteiger partial charge is 0.406 e. The molecule has 1 aliphatic carbocycles. The average molecular weight is 2020 g/mol. The van der Waals surface area contributed by atoms with Crippen molar-refractivity contribution in [3.8, 4) is 53.6 Å². The Labute approximate surface area is 864 Å². The number of thioether (sulfide) groups is 1. The molecule has 0 spiro atoms. The second-order valence-corrected chi connectivity index (χ2v) is 39.0. The number of likely N-dealkylation sites (N-methyl/N-ethyl adjacent to an activating group) is 1. The van der Waals surface area contributed by atoms with E-state index in [1.54, 1.807) is 71.9 Å². The first-order valence-electron chi connectivity index (χ1n) is 50.1. The third-order valence-corrected chi connectivity index (χ3v) is 27.5. The van der Waals surface area contributed by atoms with E-state index in [0.717, 1.165) is 151 Å². The standard InChI is InChI=1S/C32H33FN6O.C31H34F3N7O.C26H28N8O.C25H21N5OS/c1-21-4-3-5-29(33)28(21)20-39-30-24(18-23(31(39)40)9-8-22-6-7-22)19-35-32(37-30)36-25-10-12-26(13-11-25)38(2)27-14-16-34-17-15-27;1-21(2)8-9-22-16-23-17-35-30(37-25-12-10-24(11-13-25)36-26-6-4-14-39(3)18-26)38-28(23)41(29(22)42)19-27-7-5-15-40(27)20-31(32,33)34;1-3-34-24-19(15-18(25(34)35)6-11-23-28-13-14-33(23)2)16-29-26(32-24)31-21-9-7-20(8-10-21)30-22-5-4-12-27-17-22;1-2-17-12-19-14-27-25(29-23(19)30(24(17)31)22-6-4-3-5-7-22)28-21-10-8-18(9-11-21)20-13-26-16-32-15-20/h3-5,10-13,18-19,22,27,34H,6-7,14-17,20H2,1-2H3,(H,35,36,37);5,7,10-13,15-17,21,26,36H,4,6,14,18-20H2,1-3H3,(H,35,37,38);7-10,13-16,22,27,30H,3-5,12,17H2,1-2H3,(H,29,31,32);1,3-12,14,20,26H,13,15-16H2,(H,27,28,29). The van der Waals surface area contributed by atoms with Gasteiger partial charge in [0.2, 0.25) is 23.8 Å². The lowest BCUT2D eigenvalue weighted by Crippen LogP contribution is -2.41. The Balaban J connectivity index is 0.000000130. The van der Waals surface area contributed by atoms with Crippen molar-refractivity contribution in [3.63, 3.8) is 0 Å². The number of hydrogen-bond acceptors (Lipinski definition) is 25. The molecule has 4 aliphatic heterocycles. The zero-order valence-electron chi connectivity index (χ0n) is 83.9. The van der Waals surface area contributed by atoms with Gasteiger partial charge in [-0.05, 0) is 255 Å². The second-order valence-electron chi connectivity index (χ2n) is 37.9. The maximum Gasteiger partial charge on any atom is 0.406 e. The van der Waals surface area contributed by atoms with Crippen molar-refractivity contribution < 1.29 is 17.6 Å². The number of rotatable bonds is 22. The summed E-state index contributed by atoms with van der Waals surface area (Å²) in [5.41, 5.74) is 12.1. The molecule has 9 N–H and O–H groups in total. The van der Waals surface area contributed by atoms with E-state index in [0.29, 0.717) is 127 Å². The number of likely N-dealkylation sites (tertiary alicyclic amines) is 1. The van der Waals surface area contributed by atoms with Gasteiger partial charge >= 0.3 is 6.18 Å². The van der Waals surface area contributed by atoms with E-state index in [1.807, 2.05) is 166 Å². The fourth-order valence-corrected chi connectivity index (χ4v) is 19.3. The molecule has 3 unspecified atom stereocenters. The predicted molar refractivity (Wildman–Crippen MR) is 585 cm³/mol. The number of aryl methyl sites for hydroxylation is 3. The summed E-state index contributed by atoms with van der Waals surface area (Å²) >= 11 is 1.92. The number of pyridine rings is 4. The molecule has 760 valence electrons. The summed E-state index contributed by atoms with van der Waals surface area (Å²) in [4.78, 5) is 98.5. The van der Waals surface area contributed by atoms with Gasteiger partial charge in [0.05, 0.1) is 41.0 Å². The number of hydrogen-bond donors (Lipinski definition) is 9. The van der Waals surface area contributed by atoms with Crippen LogP contribution in [-0.2, 0) is 33.2 Å². The fraction of sp³-hybridized carbons (Fsp3) is 0.307. The van der Waals surface area contributed by atoms with E-state index in [-0.39, 0.29) is 58.6 Å².